The molecule has 1 heterocycles. The molecule has 4 nitrogen and oxygen atoms in total. The Hall–Kier alpha value is -2.24. The molecule has 3 aromatic rings. The number of hydrogen-bond donors (Lipinski definition) is 1. The highest BCUT2D eigenvalue weighted by molar-refractivity contribution is 7.24. The molecule has 0 saturated heterocycles. The first-order chi connectivity index (χ1) is 11.5. The molecular weight excluding hydrogens is 324 g/mol. The summed E-state index contributed by atoms with van der Waals surface area (Å²) >= 11 is 1.49. The molecule has 3 rings (SSSR count). The van der Waals surface area contributed by atoms with Crippen molar-refractivity contribution >= 4 is 37.5 Å². The molecular formula is C19H18O4S. The van der Waals surface area contributed by atoms with Gasteiger partial charge in [-0.15, -0.1) is 11.3 Å². The van der Waals surface area contributed by atoms with Crippen molar-refractivity contribution in [1.29, 1.82) is 0 Å². The molecule has 0 aliphatic rings. The Kier molecular flexibility index (Phi) is 4.64. The molecule has 0 unspecified atom stereocenters. The molecule has 24 heavy (non-hydrogen) atoms. The van der Waals surface area contributed by atoms with E-state index in [1.807, 2.05) is 32.0 Å². The van der Waals surface area contributed by atoms with E-state index in [9.17, 15) is 9.59 Å². The number of rotatable bonds is 4. The molecule has 0 atom stereocenters. The summed E-state index contributed by atoms with van der Waals surface area (Å²) in [6, 6.07) is 9.35. The van der Waals surface area contributed by atoms with Crippen LogP contribution in [0, 0.1) is 6.92 Å². The summed E-state index contributed by atoms with van der Waals surface area (Å²) in [5, 5.41) is 10.2. The van der Waals surface area contributed by atoms with Crippen LogP contribution in [0.2, 0.25) is 0 Å². The molecule has 0 saturated carbocycles. The monoisotopic (exact) mass is 342 g/mol. The van der Waals surface area contributed by atoms with Crippen molar-refractivity contribution in [2.75, 3.05) is 13.2 Å². The first kappa shape index (κ1) is 16.6. The molecule has 0 aliphatic heterocycles. The molecule has 1 aromatic heterocycles. The van der Waals surface area contributed by atoms with Crippen LogP contribution in [0.15, 0.2) is 35.1 Å². The molecule has 2 aromatic carbocycles. The summed E-state index contributed by atoms with van der Waals surface area (Å²) in [6.45, 7) is 3.65. The maximum atomic E-state index is 12.8. The number of fused-ring (bicyclic) bond motifs is 2. The van der Waals surface area contributed by atoms with E-state index in [1.54, 1.807) is 12.1 Å². The highest BCUT2D eigenvalue weighted by Crippen LogP contribution is 2.28. The lowest BCUT2D eigenvalue weighted by molar-refractivity contribution is 0.0433. The van der Waals surface area contributed by atoms with Crippen molar-refractivity contribution in [1.82, 2.24) is 0 Å². The van der Waals surface area contributed by atoms with Gasteiger partial charge in [0.2, 0.25) is 0 Å². The van der Waals surface area contributed by atoms with Gasteiger partial charge in [0.15, 0.2) is 5.43 Å². The second-order valence-corrected chi connectivity index (χ2v) is 6.73. The Morgan fingerprint density at radius 1 is 1.17 bits per heavy atom. The first-order valence-electron chi connectivity index (χ1n) is 7.83. The Bertz CT molecular complexity index is 988. The SMILES string of the molecule is CCc1cc2c(=O)c3cc(C)ccc3sc2cc1C(=O)OCCO. The summed E-state index contributed by atoms with van der Waals surface area (Å²) in [7, 11) is 0. The van der Waals surface area contributed by atoms with Crippen LogP contribution >= 0.6 is 11.3 Å². The average molecular weight is 342 g/mol. The molecule has 0 amide bonds. The van der Waals surface area contributed by atoms with Crippen LogP contribution in [0.5, 0.6) is 0 Å². The quantitative estimate of drug-likeness (QED) is 0.583. The number of aryl methyl sites for hydroxylation is 2. The summed E-state index contributed by atoms with van der Waals surface area (Å²) in [5.74, 6) is -0.466. The lowest BCUT2D eigenvalue weighted by Gasteiger charge is -2.10. The van der Waals surface area contributed by atoms with Crippen LogP contribution in [0.4, 0.5) is 0 Å². The van der Waals surface area contributed by atoms with Gasteiger partial charge < -0.3 is 9.84 Å². The van der Waals surface area contributed by atoms with Crippen LogP contribution in [0.1, 0.15) is 28.4 Å². The van der Waals surface area contributed by atoms with Crippen LogP contribution in [-0.2, 0) is 11.2 Å². The second kappa shape index (κ2) is 6.71. The number of aliphatic hydroxyl groups is 1. The number of hydrogen-bond acceptors (Lipinski definition) is 5. The van der Waals surface area contributed by atoms with Crippen LogP contribution in [0.3, 0.4) is 0 Å². The fraction of sp³-hybridized carbons (Fsp3) is 0.263. The zero-order valence-electron chi connectivity index (χ0n) is 13.6. The number of carbonyl (C=O) groups is 1. The van der Waals surface area contributed by atoms with E-state index in [1.165, 1.54) is 11.3 Å². The van der Waals surface area contributed by atoms with Gasteiger partial charge in [-0.25, -0.2) is 4.79 Å². The van der Waals surface area contributed by atoms with Crippen molar-refractivity contribution < 1.29 is 14.6 Å². The van der Waals surface area contributed by atoms with Gasteiger partial charge >= 0.3 is 5.97 Å². The third-order valence-corrected chi connectivity index (χ3v) is 5.11. The predicted octanol–water partition coefficient (Wildman–Crippen LogP) is 3.43. The van der Waals surface area contributed by atoms with E-state index in [2.05, 4.69) is 0 Å². The molecule has 1 N–H and O–H groups in total. The molecule has 124 valence electrons. The van der Waals surface area contributed by atoms with Crippen molar-refractivity contribution in [2.24, 2.45) is 0 Å². The first-order valence-corrected chi connectivity index (χ1v) is 8.65. The van der Waals surface area contributed by atoms with Gasteiger partial charge in [-0.05, 0) is 43.2 Å². The highest BCUT2D eigenvalue weighted by Gasteiger charge is 2.16. The number of benzene rings is 2. The minimum Gasteiger partial charge on any atom is -0.460 e. The van der Waals surface area contributed by atoms with Gasteiger partial charge in [-0.3, -0.25) is 4.79 Å². The Morgan fingerprint density at radius 3 is 2.62 bits per heavy atom. The zero-order valence-corrected chi connectivity index (χ0v) is 14.4. The molecule has 0 aliphatic carbocycles. The van der Waals surface area contributed by atoms with E-state index in [0.717, 1.165) is 20.5 Å². The third-order valence-electron chi connectivity index (χ3n) is 3.97. The number of carbonyl (C=O) groups excluding carboxylic acids is 1. The number of aliphatic hydroxyl groups excluding tert-OH is 1. The maximum Gasteiger partial charge on any atom is 0.338 e. The minimum atomic E-state index is -0.466. The van der Waals surface area contributed by atoms with Gasteiger partial charge in [0, 0.05) is 20.2 Å². The van der Waals surface area contributed by atoms with E-state index in [-0.39, 0.29) is 18.6 Å². The van der Waals surface area contributed by atoms with Gasteiger partial charge in [0.1, 0.15) is 6.61 Å². The third kappa shape index (κ3) is 2.92. The molecule has 0 fully saturated rings. The van der Waals surface area contributed by atoms with Crippen molar-refractivity contribution in [2.45, 2.75) is 20.3 Å². The largest absolute Gasteiger partial charge is 0.460 e. The zero-order chi connectivity index (χ0) is 17.3. The predicted molar refractivity (Wildman–Crippen MR) is 97.1 cm³/mol. The smallest absolute Gasteiger partial charge is 0.338 e. The number of ether oxygens (including phenoxy) is 1. The molecule has 5 heteroatoms. The van der Waals surface area contributed by atoms with Gasteiger partial charge in [-0.1, -0.05) is 18.6 Å². The minimum absolute atomic E-state index is 0.00701. The number of esters is 1. The van der Waals surface area contributed by atoms with E-state index in [0.29, 0.717) is 22.8 Å². The standard InChI is InChI=1S/C19H18O4S/c1-3-12-9-15-17(10-13(12)19(22)23-7-6-20)24-16-5-4-11(2)8-14(16)18(15)21/h4-5,8-10,20H,3,6-7H2,1-2H3. The summed E-state index contributed by atoms with van der Waals surface area (Å²) in [6.07, 6.45) is 0.620. The fourth-order valence-electron chi connectivity index (χ4n) is 2.76. The van der Waals surface area contributed by atoms with Gasteiger partial charge in [0.05, 0.1) is 12.2 Å². The normalized spacial score (nSPS) is 11.1. The summed E-state index contributed by atoms with van der Waals surface area (Å²) < 4.78 is 6.71. The van der Waals surface area contributed by atoms with Crippen LogP contribution in [-0.4, -0.2) is 24.3 Å². The molecule has 0 radical (unpaired) electrons. The van der Waals surface area contributed by atoms with E-state index in [4.69, 9.17) is 9.84 Å². The molecule has 0 bridgehead atoms. The average Bonchev–Trinajstić information content (AvgIpc) is 2.59. The Labute approximate surface area is 143 Å². The van der Waals surface area contributed by atoms with E-state index >= 15 is 0 Å². The topological polar surface area (TPSA) is 63.6 Å². The van der Waals surface area contributed by atoms with Crippen LogP contribution in [0.25, 0.3) is 20.2 Å². The Balaban J connectivity index is 2.26. The fourth-order valence-corrected chi connectivity index (χ4v) is 3.83. The highest BCUT2D eigenvalue weighted by atomic mass is 32.1. The second-order valence-electron chi connectivity index (χ2n) is 5.65. The summed E-state index contributed by atoms with van der Waals surface area (Å²) in [5.41, 5.74) is 2.28. The molecule has 0 spiro atoms. The van der Waals surface area contributed by atoms with E-state index < -0.39 is 5.97 Å². The van der Waals surface area contributed by atoms with Crippen LogP contribution < -0.4 is 5.43 Å². The maximum absolute atomic E-state index is 12.8. The lowest BCUT2D eigenvalue weighted by atomic mass is 10.0. The van der Waals surface area contributed by atoms with Gasteiger partial charge in [-0.2, -0.15) is 0 Å². The Morgan fingerprint density at radius 2 is 1.92 bits per heavy atom. The van der Waals surface area contributed by atoms with Crippen molar-refractivity contribution in [3.05, 3.63) is 57.2 Å². The lowest BCUT2D eigenvalue weighted by Crippen LogP contribution is -2.12. The van der Waals surface area contributed by atoms with Crippen molar-refractivity contribution in [3.8, 4) is 0 Å². The van der Waals surface area contributed by atoms with Crippen molar-refractivity contribution in [3.63, 3.8) is 0 Å². The summed E-state index contributed by atoms with van der Waals surface area (Å²) in [4.78, 5) is 25.0. The van der Waals surface area contributed by atoms with Gasteiger partial charge in [0.25, 0.3) is 0 Å².